The molecule has 0 aliphatic carbocycles. The molecule has 0 bridgehead atoms. The van der Waals surface area contributed by atoms with E-state index in [0.29, 0.717) is 0 Å². The van der Waals surface area contributed by atoms with Gasteiger partial charge in [0.15, 0.2) is 23.0 Å². The Labute approximate surface area is 89.3 Å². The highest BCUT2D eigenvalue weighted by Crippen LogP contribution is 2.47. The van der Waals surface area contributed by atoms with Crippen LogP contribution in [0.2, 0.25) is 10.0 Å². The lowest BCUT2D eigenvalue weighted by Gasteiger charge is -2.09. The first-order chi connectivity index (χ1) is 6.37. The summed E-state index contributed by atoms with van der Waals surface area (Å²) in [5.74, 6) is -2.63. The summed E-state index contributed by atoms with van der Waals surface area (Å²) < 4.78 is 0. The molecular formula is C8H6Cl2O4. The van der Waals surface area contributed by atoms with E-state index < -0.39 is 38.6 Å². The van der Waals surface area contributed by atoms with E-state index in [4.69, 9.17) is 23.2 Å². The smallest absolute Gasteiger partial charge is 0.167 e. The van der Waals surface area contributed by atoms with Crippen LogP contribution in [0.4, 0.5) is 0 Å². The molecule has 0 saturated heterocycles. The van der Waals surface area contributed by atoms with Gasteiger partial charge < -0.3 is 15.3 Å². The van der Waals surface area contributed by atoms with E-state index in [1.165, 1.54) is 0 Å². The first-order valence-electron chi connectivity index (χ1n) is 3.50. The minimum Gasteiger partial charge on any atom is -0.505 e. The summed E-state index contributed by atoms with van der Waals surface area (Å²) >= 11 is 10.9. The second-order valence-electron chi connectivity index (χ2n) is 2.60. The lowest BCUT2D eigenvalue weighted by molar-refractivity contribution is 0.101. The van der Waals surface area contributed by atoms with Crippen molar-refractivity contribution in [2.75, 3.05) is 0 Å². The molecule has 3 N–H and O–H groups in total. The Balaban J connectivity index is 3.68. The maximum absolute atomic E-state index is 11.0. The molecule has 0 saturated carbocycles. The van der Waals surface area contributed by atoms with E-state index >= 15 is 0 Å². The number of phenols is 3. The normalized spacial score (nSPS) is 10.2. The highest BCUT2D eigenvalue weighted by Gasteiger charge is 2.23. The largest absolute Gasteiger partial charge is 0.505 e. The zero-order valence-corrected chi connectivity index (χ0v) is 8.52. The number of halogens is 2. The Morgan fingerprint density at radius 1 is 1.00 bits per heavy atom. The maximum Gasteiger partial charge on any atom is 0.167 e. The molecule has 1 aromatic rings. The Bertz CT molecular complexity index is 385. The third kappa shape index (κ3) is 1.47. The summed E-state index contributed by atoms with van der Waals surface area (Å²) in [5.41, 5.74) is -0.405. The minimum atomic E-state index is -0.682. The van der Waals surface area contributed by atoms with Crippen LogP contribution in [0.5, 0.6) is 17.2 Å². The van der Waals surface area contributed by atoms with E-state index in [9.17, 15) is 20.1 Å². The summed E-state index contributed by atoms with van der Waals surface area (Å²) in [6.45, 7) is 1.12. The van der Waals surface area contributed by atoms with Crippen LogP contribution in [0.25, 0.3) is 0 Å². The second kappa shape index (κ2) is 3.55. The molecule has 0 fully saturated rings. The van der Waals surface area contributed by atoms with Crippen molar-refractivity contribution in [3.63, 3.8) is 0 Å². The molecule has 0 unspecified atom stereocenters. The van der Waals surface area contributed by atoms with Crippen LogP contribution in [-0.4, -0.2) is 21.1 Å². The Kier molecular flexibility index (Phi) is 2.78. The quantitative estimate of drug-likeness (QED) is 0.655. The molecule has 0 aromatic heterocycles. The van der Waals surface area contributed by atoms with Gasteiger partial charge in [-0.3, -0.25) is 4.79 Å². The maximum atomic E-state index is 11.0. The van der Waals surface area contributed by atoms with Gasteiger partial charge in [-0.15, -0.1) is 0 Å². The number of hydrogen-bond acceptors (Lipinski definition) is 4. The van der Waals surface area contributed by atoms with Crippen molar-refractivity contribution in [1.82, 2.24) is 0 Å². The molecule has 14 heavy (non-hydrogen) atoms. The Morgan fingerprint density at radius 2 is 1.36 bits per heavy atom. The van der Waals surface area contributed by atoms with Crippen molar-refractivity contribution in [3.8, 4) is 17.2 Å². The number of benzene rings is 1. The fourth-order valence-electron chi connectivity index (χ4n) is 0.986. The molecule has 0 atom stereocenters. The number of ketones is 1. The standard InChI is InChI=1S/C8H6Cl2O4/c1-2(11)3-6(12)4(9)8(14)5(10)7(3)13/h12-14H,1H3. The zero-order chi connectivity index (χ0) is 11.0. The van der Waals surface area contributed by atoms with E-state index in [2.05, 4.69) is 0 Å². The summed E-state index contributed by atoms with van der Waals surface area (Å²) in [6, 6.07) is 0. The van der Waals surface area contributed by atoms with Gasteiger partial charge in [0.25, 0.3) is 0 Å². The highest BCUT2D eigenvalue weighted by atomic mass is 35.5. The number of carbonyl (C=O) groups is 1. The van der Waals surface area contributed by atoms with Crippen molar-refractivity contribution < 1.29 is 20.1 Å². The second-order valence-corrected chi connectivity index (χ2v) is 3.36. The first kappa shape index (κ1) is 10.9. The fraction of sp³-hybridized carbons (Fsp3) is 0.125. The Hall–Kier alpha value is -1.13. The summed E-state index contributed by atoms with van der Waals surface area (Å²) in [5, 5.41) is 26.9. The van der Waals surface area contributed by atoms with Gasteiger partial charge in [-0.2, -0.15) is 0 Å². The molecule has 0 aliphatic heterocycles. The first-order valence-corrected chi connectivity index (χ1v) is 4.26. The van der Waals surface area contributed by atoms with Gasteiger partial charge in [0.2, 0.25) is 0 Å². The molecule has 6 heteroatoms. The summed E-state index contributed by atoms with van der Waals surface area (Å²) in [6.07, 6.45) is 0. The van der Waals surface area contributed by atoms with E-state index in [0.717, 1.165) is 6.92 Å². The molecule has 0 amide bonds. The van der Waals surface area contributed by atoms with E-state index in [-0.39, 0.29) is 0 Å². The number of aromatic hydroxyl groups is 3. The SMILES string of the molecule is CC(=O)c1c(O)c(Cl)c(O)c(Cl)c1O. The molecule has 1 aromatic carbocycles. The van der Waals surface area contributed by atoms with Crippen molar-refractivity contribution in [1.29, 1.82) is 0 Å². The van der Waals surface area contributed by atoms with Crippen LogP contribution in [0.15, 0.2) is 0 Å². The van der Waals surface area contributed by atoms with E-state index in [1.54, 1.807) is 0 Å². The van der Waals surface area contributed by atoms with Crippen molar-refractivity contribution in [2.24, 2.45) is 0 Å². The van der Waals surface area contributed by atoms with Crippen LogP contribution >= 0.6 is 23.2 Å². The molecule has 0 aliphatic rings. The highest BCUT2D eigenvalue weighted by molar-refractivity contribution is 6.40. The molecular weight excluding hydrogens is 231 g/mol. The van der Waals surface area contributed by atoms with Gasteiger partial charge in [0.05, 0.1) is 0 Å². The molecule has 1 rings (SSSR count). The van der Waals surface area contributed by atoms with Crippen LogP contribution in [0, 0.1) is 0 Å². The van der Waals surface area contributed by atoms with Gasteiger partial charge in [0, 0.05) is 0 Å². The predicted molar refractivity (Wildman–Crippen MR) is 51.5 cm³/mol. The number of carbonyl (C=O) groups excluding carboxylic acids is 1. The van der Waals surface area contributed by atoms with Crippen LogP contribution in [0.3, 0.4) is 0 Å². The molecule has 0 radical (unpaired) electrons. The van der Waals surface area contributed by atoms with Crippen LogP contribution in [-0.2, 0) is 0 Å². The summed E-state index contributed by atoms with van der Waals surface area (Å²) in [4.78, 5) is 11.0. The molecule has 4 nitrogen and oxygen atoms in total. The van der Waals surface area contributed by atoms with E-state index in [1.807, 2.05) is 0 Å². The lowest BCUT2D eigenvalue weighted by atomic mass is 10.1. The fourth-order valence-corrected chi connectivity index (χ4v) is 1.41. The van der Waals surface area contributed by atoms with Crippen molar-refractivity contribution in [3.05, 3.63) is 15.6 Å². The number of hydrogen-bond donors (Lipinski definition) is 3. The third-order valence-electron chi connectivity index (χ3n) is 1.66. The number of phenolic OH excluding ortho intramolecular Hbond substituents is 3. The van der Waals surface area contributed by atoms with Gasteiger partial charge in [-0.05, 0) is 6.92 Å². The molecule has 0 heterocycles. The zero-order valence-electron chi connectivity index (χ0n) is 7.01. The van der Waals surface area contributed by atoms with Gasteiger partial charge >= 0.3 is 0 Å². The average Bonchev–Trinajstić information content (AvgIpc) is 2.11. The van der Waals surface area contributed by atoms with Crippen molar-refractivity contribution in [2.45, 2.75) is 6.92 Å². The van der Waals surface area contributed by atoms with Crippen LogP contribution in [0.1, 0.15) is 17.3 Å². The predicted octanol–water partition coefficient (Wildman–Crippen LogP) is 2.31. The topological polar surface area (TPSA) is 77.8 Å². The average molecular weight is 237 g/mol. The van der Waals surface area contributed by atoms with Gasteiger partial charge in [-0.1, -0.05) is 23.2 Å². The Morgan fingerprint density at radius 3 is 1.64 bits per heavy atom. The molecule has 76 valence electrons. The van der Waals surface area contributed by atoms with Crippen molar-refractivity contribution >= 4 is 29.0 Å². The number of rotatable bonds is 1. The number of Topliss-reactive ketones (excluding diaryl/α,β-unsaturated/α-hetero) is 1. The monoisotopic (exact) mass is 236 g/mol. The molecule has 0 spiro atoms. The summed E-state index contributed by atoms with van der Waals surface area (Å²) in [7, 11) is 0. The lowest BCUT2D eigenvalue weighted by Crippen LogP contribution is -1.95. The van der Waals surface area contributed by atoms with Gasteiger partial charge in [-0.25, -0.2) is 0 Å². The minimum absolute atomic E-state index is 0.405. The third-order valence-corrected chi connectivity index (χ3v) is 2.37. The van der Waals surface area contributed by atoms with Crippen LogP contribution < -0.4 is 0 Å². The van der Waals surface area contributed by atoms with Gasteiger partial charge in [0.1, 0.15) is 15.6 Å².